The van der Waals surface area contributed by atoms with Gasteiger partial charge in [-0.25, -0.2) is 9.78 Å². The van der Waals surface area contributed by atoms with Crippen molar-refractivity contribution in [2.45, 2.75) is 97.6 Å². The highest BCUT2D eigenvalue weighted by Gasteiger charge is 2.32. The topological polar surface area (TPSA) is 107 Å². The van der Waals surface area contributed by atoms with Gasteiger partial charge >= 0.3 is 5.97 Å². The molecule has 10 heteroatoms. The number of carbonyl (C=O) groups is 3. The maximum absolute atomic E-state index is 13.9. The van der Waals surface area contributed by atoms with Gasteiger partial charge in [-0.05, 0) is 43.7 Å². The van der Waals surface area contributed by atoms with E-state index in [9.17, 15) is 14.4 Å². The molecule has 2 amide bonds. The van der Waals surface area contributed by atoms with E-state index in [1.165, 1.54) is 11.3 Å². The molecule has 0 radical (unpaired) electrons. The molecule has 0 spiro atoms. The molecule has 3 rings (SSSR count). The molecule has 1 unspecified atom stereocenters. The third-order valence-electron chi connectivity index (χ3n) is 8.33. The van der Waals surface area contributed by atoms with Crippen LogP contribution in [0, 0.1) is 11.8 Å². The molecule has 9 nitrogen and oxygen atoms in total. The van der Waals surface area contributed by atoms with Gasteiger partial charge in [0.25, 0.3) is 5.91 Å². The van der Waals surface area contributed by atoms with E-state index < -0.39 is 29.8 Å². The van der Waals surface area contributed by atoms with Gasteiger partial charge in [0.2, 0.25) is 5.91 Å². The quantitative estimate of drug-likeness (QED) is 0.146. The monoisotopic (exact) mass is 679 g/mol. The summed E-state index contributed by atoms with van der Waals surface area (Å²) in [6.07, 6.45) is 0.895. The van der Waals surface area contributed by atoms with Gasteiger partial charge in [-0.1, -0.05) is 94.8 Å². The number of methoxy groups -OCH3 is 1. The molecule has 0 bridgehead atoms. The van der Waals surface area contributed by atoms with Crippen molar-refractivity contribution < 1.29 is 28.6 Å². The fourth-order valence-electron chi connectivity index (χ4n) is 5.47. The highest BCUT2D eigenvalue weighted by molar-refractivity contribution is 7.09. The number of nitrogens with zero attached hydrogens (tertiary/aromatic N) is 2. The largest absolute Gasteiger partial charge is 0.458 e. The Kier molecular flexibility index (Phi) is 14.8. The highest BCUT2D eigenvalue weighted by Crippen LogP contribution is 2.34. The molecule has 5 atom stereocenters. The van der Waals surface area contributed by atoms with E-state index in [2.05, 4.69) is 33.0 Å². The zero-order valence-corrected chi connectivity index (χ0v) is 30.7. The molecule has 0 saturated carbocycles. The van der Waals surface area contributed by atoms with Gasteiger partial charge in [0, 0.05) is 38.4 Å². The van der Waals surface area contributed by atoms with Gasteiger partial charge in [0.05, 0.1) is 6.04 Å². The SMILES string of the molecule is CC[C@H](C)CC(=O)N(C)[C@H](C[C@@H](OC)c1nc(C(=O)NC(c2ccccc2)[C@@H](OCC(=O)OC(C)(C)C)c2ccccc2)cs1)C(C)C. The average Bonchev–Trinajstić information content (AvgIpc) is 3.54. The number of hydrogen-bond acceptors (Lipinski definition) is 8. The lowest BCUT2D eigenvalue weighted by Crippen LogP contribution is -2.42. The first kappa shape index (κ1) is 38.8. The van der Waals surface area contributed by atoms with Crippen molar-refractivity contribution in [2.24, 2.45) is 11.8 Å². The van der Waals surface area contributed by atoms with Crippen molar-refractivity contribution in [3.05, 3.63) is 87.9 Å². The fraction of sp³-hybridized carbons (Fsp3) is 0.526. The van der Waals surface area contributed by atoms with Gasteiger partial charge in [0.1, 0.15) is 35.1 Å². The van der Waals surface area contributed by atoms with E-state index in [1.54, 1.807) is 33.3 Å². The molecule has 0 fully saturated rings. The lowest BCUT2D eigenvalue weighted by Gasteiger charge is -2.34. The van der Waals surface area contributed by atoms with Crippen LogP contribution < -0.4 is 5.32 Å². The Hall–Kier alpha value is -3.60. The molecule has 0 aliphatic carbocycles. The first-order valence-electron chi connectivity index (χ1n) is 16.7. The summed E-state index contributed by atoms with van der Waals surface area (Å²) < 4.78 is 17.6. The molecule has 1 heterocycles. The van der Waals surface area contributed by atoms with E-state index in [0.717, 1.165) is 17.5 Å². The number of nitrogens with one attached hydrogen (secondary N) is 1. The first-order chi connectivity index (χ1) is 22.7. The zero-order valence-electron chi connectivity index (χ0n) is 29.9. The van der Waals surface area contributed by atoms with Crippen molar-refractivity contribution in [2.75, 3.05) is 20.8 Å². The van der Waals surface area contributed by atoms with Crippen LogP contribution in [0.4, 0.5) is 0 Å². The van der Waals surface area contributed by atoms with Crippen LogP contribution in [0.5, 0.6) is 0 Å². The third-order valence-corrected chi connectivity index (χ3v) is 9.26. The van der Waals surface area contributed by atoms with Crippen LogP contribution in [-0.2, 0) is 23.8 Å². The standard InChI is InChI=1S/C38H53N3O6S/c1-10-26(4)21-32(42)41(8)30(25(2)3)22-31(45-9)37-39-29(24-48-37)36(44)40-34(27-17-13-11-14-18-27)35(28-19-15-12-16-20-28)46-23-33(43)47-38(5,6)7/h11-20,24-26,30-31,34-35H,10,21-23H2,1-9H3,(H,40,44)/t26-,30+,31+,34?,35-/m0/s1. The van der Waals surface area contributed by atoms with E-state index in [1.807, 2.05) is 72.6 Å². The predicted molar refractivity (Wildman–Crippen MR) is 190 cm³/mol. The van der Waals surface area contributed by atoms with Gasteiger partial charge in [-0.15, -0.1) is 11.3 Å². The minimum absolute atomic E-state index is 0.0658. The van der Waals surface area contributed by atoms with Crippen LogP contribution in [0.1, 0.15) is 113 Å². The lowest BCUT2D eigenvalue weighted by atomic mass is 9.95. The maximum atomic E-state index is 13.9. The molecular formula is C38H53N3O6S. The number of carbonyl (C=O) groups excluding carboxylic acids is 3. The molecule has 262 valence electrons. The van der Waals surface area contributed by atoms with E-state index in [4.69, 9.17) is 19.2 Å². The molecule has 48 heavy (non-hydrogen) atoms. The Bertz CT molecular complexity index is 1440. The highest BCUT2D eigenvalue weighted by atomic mass is 32.1. The van der Waals surface area contributed by atoms with Crippen LogP contribution in [0.15, 0.2) is 66.0 Å². The van der Waals surface area contributed by atoms with Crippen LogP contribution in [0.2, 0.25) is 0 Å². The average molecular weight is 680 g/mol. The third kappa shape index (κ3) is 11.5. The van der Waals surface area contributed by atoms with E-state index in [-0.39, 0.29) is 36.1 Å². The lowest BCUT2D eigenvalue weighted by molar-refractivity contribution is -0.163. The summed E-state index contributed by atoms with van der Waals surface area (Å²) in [5, 5.41) is 5.52. The molecule has 3 aromatic rings. The summed E-state index contributed by atoms with van der Waals surface area (Å²) in [6.45, 7) is 13.5. The van der Waals surface area contributed by atoms with Crippen molar-refractivity contribution in [1.82, 2.24) is 15.2 Å². The smallest absolute Gasteiger partial charge is 0.332 e. The molecule has 1 aromatic heterocycles. The fourth-order valence-corrected chi connectivity index (χ4v) is 6.36. The van der Waals surface area contributed by atoms with Gasteiger partial charge in [-0.2, -0.15) is 0 Å². The summed E-state index contributed by atoms with van der Waals surface area (Å²) in [5.74, 6) is -0.258. The Balaban J connectivity index is 1.86. The Morgan fingerprint density at radius 1 is 0.958 bits per heavy atom. The van der Waals surface area contributed by atoms with Gasteiger partial charge < -0.3 is 24.4 Å². The van der Waals surface area contributed by atoms with Crippen molar-refractivity contribution in [3.8, 4) is 0 Å². The number of rotatable bonds is 17. The minimum Gasteiger partial charge on any atom is -0.458 e. The molecule has 2 aromatic carbocycles. The molecule has 0 aliphatic rings. The van der Waals surface area contributed by atoms with Gasteiger partial charge in [-0.3, -0.25) is 9.59 Å². The molecule has 1 N–H and O–H groups in total. The number of amides is 2. The van der Waals surface area contributed by atoms with E-state index in [0.29, 0.717) is 23.8 Å². The molecule has 0 saturated heterocycles. The molecule has 0 aliphatic heterocycles. The summed E-state index contributed by atoms with van der Waals surface area (Å²) in [7, 11) is 3.49. The number of benzene rings is 2. The van der Waals surface area contributed by atoms with Gasteiger partial charge in [0.15, 0.2) is 0 Å². The van der Waals surface area contributed by atoms with Crippen LogP contribution in [-0.4, -0.2) is 60.1 Å². The van der Waals surface area contributed by atoms with Crippen molar-refractivity contribution in [3.63, 3.8) is 0 Å². The first-order valence-corrected chi connectivity index (χ1v) is 17.6. The summed E-state index contributed by atoms with van der Waals surface area (Å²) in [6, 6.07) is 18.3. The van der Waals surface area contributed by atoms with Crippen LogP contribution in [0.3, 0.4) is 0 Å². The number of thiazole rings is 1. The summed E-state index contributed by atoms with van der Waals surface area (Å²) in [4.78, 5) is 46.2. The minimum atomic E-state index is -0.704. The normalized spacial score (nSPS) is 14.9. The number of esters is 1. The van der Waals surface area contributed by atoms with Crippen molar-refractivity contribution in [1.29, 1.82) is 0 Å². The second kappa shape index (κ2) is 18.2. The summed E-state index contributed by atoms with van der Waals surface area (Å²) in [5.41, 5.74) is 1.19. The Labute approximate surface area is 290 Å². The molecular weight excluding hydrogens is 627 g/mol. The number of hydrogen-bond donors (Lipinski definition) is 1. The second-order valence-electron chi connectivity index (χ2n) is 13.7. The van der Waals surface area contributed by atoms with E-state index >= 15 is 0 Å². The van der Waals surface area contributed by atoms with Crippen molar-refractivity contribution >= 4 is 29.1 Å². The number of aromatic nitrogens is 1. The second-order valence-corrected chi connectivity index (χ2v) is 14.5. The number of ether oxygens (including phenoxy) is 3. The van der Waals surface area contributed by atoms with Crippen LogP contribution in [0.25, 0.3) is 0 Å². The predicted octanol–water partition coefficient (Wildman–Crippen LogP) is 7.71. The summed E-state index contributed by atoms with van der Waals surface area (Å²) >= 11 is 1.35. The zero-order chi connectivity index (χ0) is 35.4. The maximum Gasteiger partial charge on any atom is 0.332 e. The Morgan fingerprint density at radius 2 is 1.56 bits per heavy atom. The van der Waals surface area contributed by atoms with Crippen LogP contribution >= 0.6 is 11.3 Å². The Morgan fingerprint density at radius 3 is 2.10 bits per heavy atom.